The third-order valence-electron chi connectivity index (χ3n) is 4.76. The monoisotopic (exact) mass is 361 g/mol. The fraction of sp³-hybridized carbons (Fsp3) is 0.500. The second-order valence-electron chi connectivity index (χ2n) is 6.47. The molecule has 2 aromatic rings. The SMILES string of the molecule is CCOC(=O)C1CC[NH+](Cn2nc(-c3ccccc3)n(C)c2=S)CC1. The maximum absolute atomic E-state index is 11.9. The highest BCUT2D eigenvalue weighted by Gasteiger charge is 2.28. The summed E-state index contributed by atoms with van der Waals surface area (Å²) in [6, 6.07) is 10.1. The summed E-state index contributed by atoms with van der Waals surface area (Å²) in [4.78, 5) is 13.3. The summed E-state index contributed by atoms with van der Waals surface area (Å²) in [5, 5.41) is 4.72. The summed E-state index contributed by atoms with van der Waals surface area (Å²) in [6.07, 6.45) is 1.72. The van der Waals surface area contributed by atoms with Gasteiger partial charge in [-0.2, -0.15) is 4.68 Å². The van der Waals surface area contributed by atoms with Gasteiger partial charge in [-0.25, -0.2) is 0 Å². The van der Waals surface area contributed by atoms with Gasteiger partial charge in [0.1, 0.15) is 0 Å². The Morgan fingerprint density at radius 2 is 2.00 bits per heavy atom. The Morgan fingerprint density at radius 3 is 2.64 bits per heavy atom. The summed E-state index contributed by atoms with van der Waals surface area (Å²) in [7, 11) is 1.95. The van der Waals surface area contributed by atoms with Gasteiger partial charge in [-0.05, 0) is 19.1 Å². The van der Waals surface area contributed by atoms with Crippen molar-refractivity contribution in [2.75, 3.05) is 19.7 Å². The maximum atomic E-state index is 11.9. The summed E-state index contributed by atoms with van der Waals surface area (Å²) in [5.74, 6) is 0.869. The Labute approximate surface area is 153 Å². The lowest BCUT2D eigenvalue weighted by Crippen LogP contribution is -3.12. The van der Waals surface area contributed by atoms with Crippen molar-refractivity contribution in [1.29, 1.82) is 0 Å². The molecule has 134 valence electrons. The summed E-state index contributed by atoms with van der Waals surface area (Å²) < 4.78 is 9.71. The third-order valence-corrected chi connectivity index (χ3v) is 5.24. The molecule has 1 aliphatic heterocycles. The zero-order valence-corrected chi connectivity index (χ0v) is 15.6. The first kappa shape index (κ1) is 17.8. The smallest absolute Gasteiger partial charge is 0.309 e. The van der Waals surface area contributed by atoms with Crippen LogP contribution in [0.3, 0.4) is 0 Å². The molecule has 1 aromatic heterocycles. The number of hydrogen-bond acceptors (Lipinski definition) is 4. The lowest BCUT2D eigenvalue weighted by Gasteiger charge is -2.27. The number of carbonyl (C=O) groups is 1. The Kier molecular flexibility index (Phi) is 5.65. The molecule has 0 unspecified atom stereocenters. The van der Waals surface area contributed by atoms with E-state index >= 15 is 0 Å². The van der Waals surface area contributed by atoms with E-state index in [9.17, 15) is 4.79 Å². The zero-order chi connectivity index (χ0) is 17.8. The van der Waals surface area contributed by atoms with Gasteiger partial charge >= 0.3 is 5.97 Å². The van der Waals surface area contributed by atoms with Gasteiger partial charge in [0, 0.05) is 25.5 Å². The highest BCUT2D eigenvalue weighted by molar-refractivity contribution is 7.71. The average Bonchev–Trinajstić information content (AvgIpc) is 2.92. The van der Waals surface area contributed by atoms with Crippen LogP contribution in [0, 0.1) is 10.7 Å². The van der Waals surface area contributed by atoms with Crippen LogP contribution in [0.1, 0.15) is 19.8 Å². The molecule has 0 spiro atoms. The fourth-order valence-corrected chi connectivity index (χ4v) is 3.51. The number of hydrogen-bond donors (Lipinski definition) is 1. The van der Waals surface area contributed by atoms with Crippen LogP contribution in [0.2, 0.25) is 0 Å². The fourth-order valence-electron chi connectivity index (χ4n) is 3.32. The highest BCUT2D eigenvalue weighted by Crippen LogP contribution is 2.16. The number of aromatic nitrogens is 3. The van der Waals surface area contributed by atoms with Crippen LogP contribution in [0.4, 0.5) is 0 Å². The second kappa shape index (κ2) is 7.93. The van der Waals surface area contributed by atoms with E-state index in [-0.39, 0.29) is 11.9 Å². The molecular formula is C18H25N4O2S+. The minimum atomic E-state index is -0.0534. The molecule has 3 rings (SSSR count). The zero-order valence-electron chi connectivity index (χ0n) is 14.8. The van der Waals surface area contributed by atoms with E-state index in [1.807, 2.05) is 53.6 Å². The Balaban J connectivity index is 1.67. The minimum Gasteiger partial charge on any atom is -0.466 e. The lowest BCUT2D eigenvalue weighted by molar-refractivity contribution is -0.929. The molecule has 25 heavy (non-hydrogen) atoms. The number of esters is 1. The van der Waals surface area contributed by atoms with E-state index in [0.29, 0.717) is 6.61 Å². The molecule has 0 atom stereocenters. The molecule has 1 N–H and O–H groups in total. The van der Waals surface area contributed by atoms with Crippen LogP contribution >= 0.6 is 12.2 Å². The van der Waals surface area contributed by atoms with E-state index in [2.05, 4.69) is 0 Å². The number of benzene rings is 1. The molecule has 0 saturated carbocycles. The lowest BCUT2D eigenvalue weighted by atomic mass is 9.97. The van der Waals surface area contributed by atoms with E-state index in [1.165, 1.54) is 4.90 Å². The van der Waals surface area contributed by atoms with Gasteiger partial charge in [-0.1, -0.05) is 30.3 Å². The first-order valence-electron chi connectivity index (χ1n) is 8.79. The predicted molar refractivity (Wildman–Crippen MR) is 97.5 cm³/mol. The van der Waals surface area contributed by atoms with E-state index in [0.717, 1.165) is 48.8 Å². The van der Waals surface area contributed by atoms with Crippen molar-refractivity contribution in [3.63, 3.8) is 0 Å². The molecule has 6 nitrogen and oxygen atoms in total. The van der Waals surface area contributed by atoms with Crippen molar-refractivity contribution in [2.24, 2.45) is 13.0 Å². The van der Waals surface area contributed by atoms with E-state index in [1.54, 1.807) is 0 Å². The van der Waals surface area contributed by atoms with Crippen LogP contribution in [0.15, 0.2) is 30.3 Å². The molecule has 1 fully saturated rings. The molecule has 0 amide bonds. The van der Waals surface area contributed by atoms with Gasteiger partial charge in [0.05, 0.1) is 25.6 Å². The quantitative estimate of drug-likeness (QED) is 0.647. The molecule has 7 heteroatoms. The number of nitrogens with zero attached hydrogens (tertiary/aromatic N) is 3. The molecule has 1 aromatic carbocycles. The standard InChI is InChI=1S/C18H24N4O2S/c1-3-24-17(23)15-9-11-21(12-10-15)13-22-18(25)20(2)16(19-22)14-7-5-4-6-8-14/h4-8,15H,3,9-13H2,1-2H3/p+1. The normalized spacial score (nSPS) is 20.4. The average molecular weight is 361 g/mol. The number of carbonyl (C=O) groups excluding carboxylic acids is 1. The van der Waals surface area contributed by atoms with Crippen LogP contribution in [-0.2, 0) is 23.2 Å². The molecule has 0 radical (unpaired) electrons. The molecular weight excluding hydrogens is 336 g/mol. The summed E-state index contributed by atoms with van der Waals surface area (Å²) in [5.41, 5.74) is 1.06. The molecule has 0 bridgehead atoms. The number of nitrogens with one attached hydrogen (secondary N) is 1. The van der Waals surface area contributed by atoms with Gasteiger partial charge in [0.15, 0.2) is 12.5 Å². The second-order valence-corrected chi connectivity index (χ2v) is 6.83. The molecule has 1 saturated heterocycles. The van der Waals surface area contributed by atoms with Gasteiger partial charge in [0.2, 0.25) is 4.77 Å². The number of rotatable bonds is 5. The maximum Gasteiger partial charge on any atom is 0.309 e. The number of likely N-dealkylation sites (tertiary alicyclic amines) is 1. The summed E-state index contributed by atoms with van der Waals surface area (Å²) in [6.45, 7) is 4.91. The Morgan fingerprint density at radius 1 is 1.32 bits per heavy atom. The Hall–Kier alpha value is -1.99. The first-order valence-corrected chi connectivity index (χ1v) is 9.20. The van der Waals surface area contributed by atoms with E-state index in [4.69, 9.17) is 22.1 Å². The number of ether oxygens (including phenoxy) is 1. The largest absolute Gasteiger partial charge is 0.466 e. The van der Waals surface area contributed by atoms with Crippen molar-refractivity contribution >= 4 is 18.2 Å². The molecule has 2 heterocycles. The van der Waals surface area contributed by atoms with Gasteiger partial charge < -0.3 is 14.2 Å². The van der Waals surface area contributed by atoms with Crippen molar-refractivity contribution in [3.8, 4) is 11.4 Å². The van der Waals surface area contributed by atoms with Gasteiger partial charge in [0.25, 0.3) is 0 Å². The third kappa shape index (κ3) is 3.99. The predicted octanol–water partition coefficient (Wildman–Crippen LogP) is 1.43. The van der Waals surface area contributed by atoms with Crippen molar-refractivity contribution in [3.05, 3.63) is 35.1 Å². The minimum absolute atomic E-state index is 0.0419. The first-order chi connectivity index (χ1) is 12.1. The van der Waals surface area contributed by atoms with Gasteiger partial charge in [-0.15, -0.1) is 5.10 Å². The van der Waals surface area contributed by atoms with Crippen LogP contribution < -0.4 is 4.90 Å². The highest BCUT2D eigenvalue weighted by atomic mass is 32.1. The summed E-state index contributed by atoms with van der Waals surface area (Å²) >= 11 is 5.56. The number of piperidine rings is 1. The Bertz CT molecular complexity index is 776. The molecule has 1 aliphatic rings. The topological polar surface area (TPSA) is 53.5 Å². The van der Waals surface area contributed by atoms with E-state index < -0.39 is 0 Å². The van der Waals surface area contributed by atoms with Crippen molar-refractivity contribution in [1.82, 2.24) is 14.3 Å². The van der Waals surface area contributed by atoms with Crippen LogP contribution in [0.5, 0.6) is 0 Å². The van der Waals surface area contributed by atoms with Gasteiger partial charge in [-0.3, -0.25) is 4.79 Å². The van der Waals surface area contributed by atoms with Crippen LogP contribution in [0.25, 0.3) is 11.4 Å². The van der Waals surface area contributed by atoms with Crippen molar-refractivity contribution < 1.29 is 14.4 Å². The number of quaternary nitrogens is 1. The van der Waals surface area contributed by atoms with Crippen molar-refractivity contribution in [2.45, 2.75) is 26.4 Å². The molecule has 0 aliphatic carbocycles. The van der Waals surface area contributed by atoms with Crippen LogP contribution in [-0.4, -0.2) is 40.0 Å².